The topological polar surface area (TPSA) is 44.8 Å². The molecular weight excluding hydrogens is 286 g/mol. The van der Waals surface area contributed by atoms with Crippen LogP contribution >= 0.6 is 11.8 Å². The molecule has 1 N–H and O–H groups in total. The maximum atomic E-state index is 12.2. The Kier molecular flexibility index (Phi) is 6.64. The van der Waals surface area contributed by atoms with Gasteiger partial charge in [-0.15, -0.1) is 0 Å². The lowest BCUT2D eigenvalue weighted by Gasteiger charge is -2.35. The summed E-state index contributed by atoms with van der Waals surface area (Å²) < 4.78 is 5.81. The third kappa shape index (κ3) is 6.04. The van der Waals surface area contributed by atoms with Crippen LogP contribution in [0, 0.1) is 5.92 Å². The number of amides is 2. The van der Waals surface area contributed by atoms with E-state index in [0.717, 1.165) is 25.6 Å². The fraction of sp³-hybridized carbons (Fsp3) is 0.933. The van der Waals surface area contributed by atoms with Crippen molar-refractivity contribution in [1.29, 1.82) is 0 Å². The van der Waals surface area contributed by atoms with Crippen molar-refractivity contribution in [2.24, 2.45) is 5.92 Å². The van der Waals surface area contributed by atoms with Crippen molar-refractivity contribution in [2.45, 2.75) is 31.1 Å². The minimum atomic E-state index is 0.0500. The van der Waals surface area contributed by atoms with Gasteiger partial charge < -0.3 is 19.9 Å². The first-order valence-corrected chi connectivity index (χ1v) is 9.23. The molecule has 1 saturated heterocycles. The zero-order valence-corrected chi connectivity index (χ0v) is 14.3. The van der Waals surface area contributed by atoms with Gasteiger partial charge in [-0.25, -0.2) is 4.79 Å². The van der Waals surface area contributed by atoms with Gasteiger partial charge in [-0.3, -0.25) is 0 Å². The van der Waals surface area contributed by atoms with Gasteiger partial charge in [0, 0.05) is 38.0 Å². The van der Waals surface area contributed by atoms with Crippen molar-refractivity contribution in [3.63, 3.8) is 0 Å². The van der Waals surface area contributed by atoms with E-state index in [1.165, 1.54) is 12.8 Å². The molecule has 6 heteroatoms. The Morgan fingerprint density at radius 3 is 2.90 bits per heavy atom. The highest BCUT2D eigenvalue weighted by molar-refractivity contribution is 7.99. The summed E-state index contributed by atoms with van der Waals surface area (Å²) >= 11 is 1.77. The number of thioether (sulfide) groups is 1. The van der Waals surface area contributed by atoms with E-state index in [1.54, 1.807) is 11.8 Å². The number of nitrogens with one attached hydrogen (secondary N) is 1. The number of morpholine rings is 1. The summed E-state index contributed by atoms with van der Waals surface area (Å²) in [5.74, 6) is 0.894. The average molecular weight is 315 g/mol. The lowest BCUT2D eigenvalue weighted by Crippen LogP contribution is -2.52. The molecule has 21 heavy (non-hydrogen) atoms. The monoisotopic (exact) mass is 315 g/mol. The SMILES string of the molecule is CS[C@@H](C)CNC(=O)N1CCO[C@@H](CN(C)CC2CC2)C1. The third-order valence-electron chi connectivity index (χ3n) is 4.15. The normalized spacial score (nSPS) is 24.2. The standard InChI is InChI=1S/C15H29N3O2S/c1-12(21-3)8-16-15(19)18-6-7-20-14(11-18)10-17(2)9-13-4-5-13/h12-14H,4-11H2,1-3H3,(H,16,19)/t12-,14-/m0/s1. The van der Waals surface area contributed by atoms with Crippen molar-refractivity contribution in [3.05, 3.63) is 0 Å². The second kappa shape index (κ2) is 8.25. The number of hydrogen-bond donors (Lipinski definition) is 1. The summed E-state index contributed by atoms with van der Waals surface area (Å²) in [5.41, 5.74) is 0. The number of carbonyl (C=O) groups excluding carboxylic acids is 1. The van der Waals surface area contributed by atoms with Gasteiger partial charge in [0.1, 0.15) is 0 Å². The van der Waals surface area contributed by atoms with Gasteiger partial charge in [-0.05, 0) is 32.1 Å². The van der Waals surface area contributed by atoms with E-state index in [-0.39, 0.29) is 12.1 Å². The van der Waals surface area contributed by atoms with E-state index in [2.05, 4.69) is 30.4 Å². The van der Waals surface area contributed by atoms with Gasteiger partial charge in [-0.1, -0.05) is 6.92 Å². The van der Waals surface area contributed by atoms with Gasteiger partial charge >= 0.3 is 6.03 Å². The molecule has 2 rings (SSSR count). The van der Waals surface area contributed by atoms with E-state index >= 15 is 0 Å². The van der Waals surface area contributed by atoms with Crippen LogP contribution in [0.5, 0.6) is 0 Å². The first-order chi connectivity index (χ1) is 10.1. The molecule has 0 bridgehead atoms. The van der Waals surface area contributed by atoms with E-state index < -0.39 is 0 Å². The number of nitrogens with zero attached hydrogens (tertiary/aromatic N) is 2. The summed E-state index contributed by atoms with van der Waals surface area (Å²) in [4.78, 5) is 16.4. The molecule has 1 aliphatic heterocycles. The van der Waals surface area contributed by atoms with Gasteiger partial charge in [0.05, 0.1) is 12.7 Å². The highest BCUT2D eigenvalue weighted by Gasteiger charge is 2.27. The molecule has 0 radical (unpaired) electrons. The maximum absolute atomic E-state index is 12.2. The summed E-state index contributed by atoms with van der Waals surface area (Å²) in [6, 6.07) is 0.0500. The average Bonchev–Trinajstić information content (AvgIpc) is 3.28. The van der Waals surface area contributed by atoms with Crippen molar-refractivity contribution < 1.29 is 9.53 Å². The second-order valence-corrected chi connectivity index (χ2v) is 7.61. The Bertz CT molecular complexity index is 339. The van der Waals surface area contributed by atoms with Crippen LogP contribution < -0.4 is 5.32 Å². The summed E-state index contributed by atoms with van der Waals surface area (Å²) in [5, 5.41) is 3.47. The van der Waals surface area contributed by atoms with Crippen LogP contribution in [0.3, 0.4) is 0 Å². The zero-order valence-electron chi connectivity index (χ0n) is 13.5. The first-order valence-electron chi connectivity index (χ1n) is 7.94. The van der Waals surface area contributed by atoms with Crippen LogP contribution in [0.4, 0.5) is 4.79 Å². The second-order valence-electron chi connectivity index (χ2n) is 6.34. The molecule has 2 atom stereocenters. The van der Waals surface area contributed by atoms with E-state index in [4.69, 9.17) is 4.74 Å². The largest absolute Gasteiger partial charge is 0.373 e. The van der Waals surface area contributed by atoms with Gasteiger partial charge in [0.15, 0.2) is 0 Å². The quantitative estimate of drug-likeness (QED) is 0.773. The van der Waals surface area contributed by atoms with Crippen LogP contribution in [0.1, 0.15) is 19.8 Å². The molecule has 0 unspecified atom stereocenters. The highest BCUT2D eigenvalue weighted by atomic mass is 32.2. The third-order valence-corrected chi connectivity index (χ3v) is 5.12. The molecule has 1 aliphatic carbocycles. The molecule has 0 aromatic rings. The zero-order chi connectivity index (χ0) is 15.2. The fourth-order valence-electron chi connectivity index (χ4n) is 2.60. The van der Waals surface area contributed by atoms with Gasteiger partial charge in [-0.2, -0.15) is 11.8 Å². The number of rotatable bonds is 7. The lowest BCUT2D eigenvalue weighted by molar-refractivity contribution is -0.0277. The molecule has 2 aliphatic rings. The Hall–Kier alpha value is -0.460. The molecule has 2 amide bonds. The predicted molar refractivity (Wildman–Crippen MR) is 87.9 cm³/mol. The highest BCUT2D eigenvalue weighted by Crippen LogP contribution is 2.29. The van der Waals surface area contributed by atoms with E-state index in [0.29, 0.717) is 24.9 Å². The molecule has 0 aromatic heterocycles. The van der Waals surface area contributed by atoms with Gasteiger partial charge in [0.25, 0.3) is 0 Å². The van der Waals surface area contributed by atoms with Gasteiger partial charge in [0.2, 0.25) is 0 Å². The number of ether oxygens (including phenoxy) is 1. The van der Waals surface area contributed by atoms with Crippen molar-refractivity contribution in [1.82, 2.24) is 15.1 Å². The van der Waals surface area contributed by atoms with Crippen LogP contribution in [0.2, 0.25) is 0 Å². The smallest absolute Gasteiger partial charge is 0.317 e. The van der Waals surface area contributed by atoms with Crippen molar-refractivity contribution >= 4 is 17.8 Å². The van der Waals surface area contributed by atoms with Crippen molar-refractivity contribution in [2.75, 3.05) is 52.6 Å². The minimum Gasteiger partial charge on any atom is -0.373 e. The number of likely N-dealkylation sites (N-methyl/N-ethyl adjacent to an activating group) is 1. The molecule has 1 heterocycles. The maximum Gasteiger partial charge on any atom is 0.317 e. The summed E-state index contributed by atoms with van der Waals surface area (Å²) in [6.45, 7) is 6.98. The molecule has 5 nitrogen and oxygen atoms in total. The summed E-state index contributed by atoms with van der Waals surface area (Å²) in [6.07, 6.45) is 4.96. The van der Waals surface area contributed by atoms with Crippen LogP contribution in [-0.2, 0) is 4.74 Å². The summed E-state index contributed by atoms with van der Waals surface area (Å²) in [7, 11) is 2.15. The van der Waals surface area contributed by atoms with Crippen molar-refractivity contribution in [3.8, 4) is 0 Å². The van der Waals surface area contributed by atoms with Crippen LogP contribution in [-0.4, -0.2) is 79.8 Å². The fourth-order valence-corrected chi connectivity index (χ4v) is 2.85. The Labute approximate surface area is 132 Å². The van der Waals surface area contributed by atoms with Crippen LogP contribution in [0.15, 0.2) is 0 Å². The first kappa shape index (κ1) is 16.9. The lowest BCUT2D eigenvalue weighted by atomic mass is 10.2. The molecule has 0 spiro atoms. The number of urea groups is 1. The minimum absolute atomic E-state index is 0.0500. The predicted octanol–water partition coefficient (Wildman–Crippen LogP) is 1.49. The van der Waals surface area contributed by atoms with Crippen LogP contribution in [0.25, 0.3) is 0 Å². The van der Waals surface area contributed by atoms with E-state index in [1.807, 2.05) is 4.90 Å². The molecule has 1 saturated carbocycles. The molecule has 2 fully saturated rings. The Morgan fingerprint density at radius 1 is 1.48 bits per heavy atom. The molecule has 122 valence electrons. The molecule has 0 aromatic carbocycles. The Morgan fingerprint density at radius 2 is 2.24 bits per heavy atom. The van der Waals surface area contributed by atoms with E-state index in [9.17, 15) is 4.79 Å². The molecular formula is C15H29N3O2S. The number of carbonyl (C=O) groups is 1. The Balaban J connectivity index is 1.70. The number of hydrogen-bond acceptors (Lipinski definition) is 4.